The molecule has 5 nitrogen and oxygen atoms in total. The van der Waals surface area contributed by atoms with Gasteiger partial charge in [-0.2, -0.15) is 0 Å². The maximum Gasteiger partial charge on any atom is 0.256 e. The number of nitrogens with zero attached hydrogens (tertiary/aromatic N) is 2. The van der Waals surface area contributed by atoms with Crippen molar-refractivity contribution in [2.75, 3.05) is 18.4 Å². The zero-order chi connectivity index (χ0) is 16.4. The number of carbonyl (C=O) groups excluding carboxylic acids is 1. The number of anilines is 1. The third kappa shape index (κ3) is 3.17. The van der Waals surface area contributed by atoms with E-state index in [1.165, 1.54) is 12.0 Å². The molecule has 1 saturated heterocycles. The van der Waals surface area contributed by atoms with E-state index in [-0.39, 0.29) is 5.91 Å². The van der Waals surface area contributed by atoms with Gasteiger partial charge < -0.3 is 10.6 Å². The highest BCUT2D eigenvalue weighted by molar-refractivity contribution is 6.04. The molecule has 124 valence electrons. The molecule has 2 N–H and O–H groups in total. The molecule has 1 unspecified atom stereocenters. The summed E-state index contributed by atoms with van der Waals surface area (Å²) in [5, 5.41) is 6.34. The molecule has 1 fully saturated rings. The van der Waals surface area contributed by atoms with Gasteiger partial charge in [-0.25, -0.2) is 9.97 Å². The first-order chi connectivity index (χ1) is 11.8. The summed E-state index contributed by atoms with van der Waals surface area (Å²) >= 11 is 0. The molecule has 0 saturated carbocycles. The molecule has 2 aliphatic rings. The van der Waals surface area contributed by atoms with Gasteiger partial charge in [0, 0.05) is 16.8 Å². The normalized spacial score (nSPS) is 19.2. The van der Waals surface area contributed by atoms with Crippen LogP contribution in [0.2, 0.25) is 0 Å². The topological polar surface area (TPSA) is 66.9 Å². The van der Waals surface area contributed by atoms with Crippen LogP contribution in [0, 0.1) is 5.92 Å². The Morgan fingerprint density at radius 3 is 2.88 bits per heavy atom. The van der Waals surface area contributed by atoms with E-state index in [9.17, 15) is 4.79 Å². The fourth-order valence-corrected chi connectivity index (χ4v) is 3.66. The van der Waals surface area contributed by atoms with E-state index >= 15 is 0 Å². The SMILES string of the molecule is O=C(Nc1ncnc2c1CCC2)c1ccc(CC2CCNC2)cc1. The van der Waals surface area contributed by atoms with Crippen molar-refractivity contribution >= 4 is 11.7 Å². The van der Waals surface area contributed by atoms with E-state index in [1.54, 1.807) is 6.33 Å². The Morgan fingerprint density at radius 1 is 1.21 bits per heavy atom. The van der Waals surface area contributed by atoms with Crippen LogP contribution in [0.15, 0.2) is 30.6 Å². The standard InChI is InChI=1S/C19H22N4O/c24-19(23-18-16-2-1-3-17(16)21-12-22-18)15-6-4-13(5-7-15)10-14-8-9-20-11-14/h4-7,12,14,20H,1-3,8-11H2,(H,21,22,23,24). The van der Waals surface area contributed by atoms with Gasteiger partial charge in [0.2, 0.25) is 0 Å². The number of nitrogens with one attached hydrogen (secondary N) is 2. The first-order valence-corrected chi connectivity index (χ1v) is 8.73. The van der Waals surface area contributed by atoms with Crippen LogP contribution in [0.4, 0.5) is 5.82 Å². The van der Waals surface area contributed by atoms with Gasteiger partial charge in [-0.15, -0.1) is 0 Å². The lowest BCUT2D eigenvalue weighted by atomic mass is 9.98. The molecule has 1 aliphatic carbocycles. The number of fused-ring (bicyclic) bond motifs is 1. The van der Waals surface area contributed by atoms with Gasteiger partial charge in [-0.3, -0.25) is 4.79 Å². The van der Waals surface area contributed by atoms with Gasteiger partial charge in [0.15, 0.2) is 0 Å². The first kappa shape index (κ1) is 15.3. The maximum atomic E-state index is 12.5. The Bertz CT molecular complexity index is 736. The van der Waals surface area contributed by atoms with Crippen LogP contribution in [0.3, 0.4) is 0 Å². The van der Waals surface area contributed by atoms with Gasteiger partial charge in [0.25, 0.3) is 5.91 Å². The monoisotopic (exact) mass is 322 g/mol. The quantitative estimate of drug-likeness (QED) is 0.907. The van der Waals surface area contributed by atoms with Crippen LogP contribution in [0.1, 0.15) is 40.0 Å². The van der Waals surface area contributed by atoms with Crippen molar-refractivity contribution < 1.29 is 4.79 Å². The molecule has 1 aliphatic heterocycles. The van der Waals surface area contributed by atoms with Crippen LogP contribution in [-0.4, -0.2) is 29.0 Å². The summed E-state index contributed by atoms with van der Waals surface area (Å²) in [7, 11) is 0. The molecular formula is C19H22N4O. The van der Waals surface area contributed by atoms with Crippen molar-refractivity contribution in [1.82, 2.24) is 15.3 Å². The van der Waals surface area contributed by atoms with Gasteiger partial charge in [0.1, 0.15) is 12.1 Å². The van der Waals surface area contributed by atoms with Crippen LogP contribution >= 0.6 is 0 Å². The average molecular weight is 322 g/mol. The molecule has 0 spiro atoms. The molecule has 0 radical (unpaired) electrons. The van der Waals surface area contributed by atoms with Crippen LogP contribution < -0.4 is 10.6 Å². The molecule has 1 aromatic carbocycles. The van der Waals surface area contributed by atoms with Gasteiger partial charge in [0.05, 0.1) is 0 Å². The third-order valence-electron chi connectivity index (χ3n) is 5.01. The van der Waals surface area contributed by atoms with Crippen molar-refractivity contribution in [3.63, 3.8) is 0 Å². The molecule has 0 bridgehead atoms. The van der Waals surface area contributed by atoms with Gasteiger partial charge in [-0.1, -0.05) is 12.1 Å². The molecule has 2 heterocycles. The number of aromatic nitrogens is 2. The van der Waals surface area contributed by atoms with Gasteiger partial charge >= 0.3 is 0 Å². The van der Waals surface area contributed by atoms with Crippen molar-refractivity contribution in [2.45, 2.75) is 32.1 Å². The molecule has 2 aromatic rings. The Hall–Kier alpha value is -2.27. The third-order valence-corrected chi connectivity index (χ3v) is 5.01. The van der Waals surface area contributed by atoms with Crippen molar-refractivity contribution in [2.24, 2.45) is 5.92 Å². The second-order valence-corrected chi connectivity index (χ2v) is 6.72. The van der Waals surface area contributed by atoms with Crippen LogP contribution in [-0.2, 0) is 19.3 Å². The largest absolute Gasteiger partial charge is 0.316 e. The Balaban J connectivity index is 1.44. The summed E-state index contributed by atoms with van der Waals surface area (Å²) < 4.78 is 0. The molecule has 1 aromatic heterocycles. The summed E-state index contributed by atoms with van der Waals surface area (Å²) in [4.78, 5) is 21.0. The highest BCUT2D eigenvalue weighted by Crippen LogP contribution is 2.25. The summed E-state index contributed by atoms with van der Waals surface area (Å²) in [6.07, 6.45) is 6.86. The van der Waals surface area contributed by atoms with Crippen LogP contribution in [0.5, 0.6) is 0 Å². The number of aryl methyl sites for hydroxylation is 1. The number of benzene rings is 1. The fraction of sp³-hybridized carbons (Fsp3) is 0.421. The van der Waals surface area contributed by atoms with E-state index in [1.807, 2.05) is 12.1 Å². The number of amides is 1. The summed E-state index contributed by atoms with van der Waals surface area (Å²) in [6.45, 7) is 2.22. The lowest BCUT2D eigenvalue weighted by Crippen LogP contribution is -2.15. The number of hydrogen-bond donors (Lipinski definition) is 2. The van der Waals surface area contributed by atoms with E-state index in [0.717, 1.165) is 50.0 Å². The summed E-state index contributed by atoms with van der Waals surface area (Å²) in [5.74, 6) is 1.29. The minimum Gasteiger partial charge on any atom is -0.316 e. The van der Waals surface area contributed by atoms with E-state index in [0.29, 0.717) is 17.3 Å². The smallest absolute Gasteiger partial charge is 0.256 e. The lowest BCUT2D eigenvalue weighted by Gasteiger charge is -2.10. The first-order valence-electron chi connectivity index (χ1n) is 8.73. The zero-order valence-corrected chi connectivity index (χ0v) is 13.7. The van der Waals surface area contributed by atoms with E-state index < -0.39 is 0 Å². The Morgan fingerprint density at radius 2 is 2.08 bits per heavy atom. The minimum absolute atomic E-state index is 0.100. The highest BCUT2D eigenvalue weighted by atomic mass is 16.1. The predicted octanol–water partition coefficient (Wildman–Crippen LogP) is 2.37. The Kier molecular flexibility index (Phi) is 4.26. The average Bonchev–Trinajstić information content (AvgIpc) is 3.27. The van der Waals surface area contributed by atoms with Crippen molar-refractivity contribution in [1.29, 1.82) is 0 Å². The fourth-order valence-electron chi connectivity index (χ4n) is 3.66. The molecule has 4 rings (SSSR count). The second kappa shape index (κ2) is 6.69. The predicted molar refractivity (Wildman–Crippen MR) is 93.1 cm³/mol. The Labute approximate surface area is 141 Å². The molecule has 5 heteroatoms. The molecular weight excluding hydrogens is 300 g/mol. The van der Waals surface area contributed by atoms with Gasteiger partial charge in [-0.05, 0) is 68.8 Å². The number of rotatable bonds is 4. The molecule has 1 amide bonds. The lowest BCUT2D eigenvalue weighted by molar-refractivity contribution is 0.102. The second-order valence-electron chi connectivity index (χ2n) is 6.72. The van der Waals surface area contributed by atoms with Crippen LogP contribution in [0.25, 0.3) is 0 Å². The summed E-state index contributed by atoms with van der Waals surface area (Å²) in [5.41, 5.74) is 4.13. The number of hydrogen-bond acceptors (Lipinski definition) is 4. The van der Waals surface area contributed by atoms with Crippen molar-refractivity contribution in [3.05, 3.63) is 53.0 Å². The molecule has 1 atom stereocenters. The maximum absolute atomic E-state index is 12.5. The zero-order valence-electron chi connectivity index (χ0n) is 13.7. The summed E-state index contributed by atoms with van der Waals surface area (Å²) in [6, 6.07) is 7.96. The minimum atomic E-state index is -0.100. The van der Waals surface area contributed by atoms with E-state index in [2.05, 4.69) is 32.7 Å². The molecule has 24 heavy (non-hydrogen) atoms. The van der Waals surface area contributed by atoms with E-state index in [4.69, 9.17) is 0 Å². The van der Waals surface area contributed by atoms with Crippen molar-refractivity contribution in [3.8, 4) is 0 Å². The number of carbonyl (C=O) groups is 1. The highest BCUT2D eigenvalue weighted by Gasteiger charge is 2.19.